The number of alkyl halides is 6. The molecule has 0 fully saturated rings. The second kappa shape index (κ2) is 7.62. The van der Waals surface area contributed by atoms with Gasteiger partial charge >= 0.3 is 24.4 Å². The van der Waals surface area contributed by atoms with Gasteiger partial charge in [-0.15, -0.1) is 0 Å². The van der Waals surface area contributed by atoms with Crippen LogP contribution in [0.25, 0.3) is 0 Å². The first kappa shape index (κ1) is 20.6. The van der Waals surface area contributed by atoms with Gasteiger partial charge in [0.15, 0.2) is 0 Å². The van der Waals surface area contributed by atoms with Gasteiger partial charge in [-0.25, -0.2) is 9.59 Å². The van der Waals surface area contributed by atoms with Crippen LogP contribution in [0.3, 0.4) is 0 Å². The molecule has 11 heteroatoms. The average Bonchev–Trinajstić information content (AvgIpc) is 2.50. The van der Waals surface area contributed by atoms with Crippen molar-refractivity contribution in [2.45, 2.75) is 31.9 Å². The standard InChI is InChI=1S/C14H13F6NO4/c1-7(11(22)24-2)21-12(23)25-6-8-3-9(13(15,16)17)5-10(4-8)14(18,19)20/h3-5,7H,6H2,1-2H3,(H,21,23)/t7-/m0/s1. The predicted octanol–water partition coefficient (Wildman–Crippen LogP) is 3.51. The van der Waals surface area contributed by atoms with Crippen molar-refractivity contribution in [1.82, 2.24) is 5.32 Å². The highest BCUT2D eigenvalue weighted by Gasteiger charge is 2.37. The summed E-state index contributed by atoms with van der Waals surface area (Å²) in [5, 5.41) is 2.01. The number of ether oxygens (including phenoxy) is 2. The number of amides is 1. The number of rotatable bonds is 4. The number of halogens is 6. The molecule has 1 amide bonds. The predicted molar refractivity (Wildman–Crippen MR) is 71.2 cm³/mol. The summed E-state index contributed by atoms with van der Waals surface area (Å²) in [4.78, 5) is 22.5. The van der Waals surface area contributed by atoms with Gasteiger partial charge in [0.2, 0.25) is 0 Å². The summed E-state index contributed by atoms with van der Waals surface area (Å²) in [6.45, 7) is 0.395. The molecule has 25 heavy (non-hydrogen) atoms. The topological polar surface area (TPSA) is 64.6 Å². The van der Waals surface area contributed by atoms with E-state index in [9.17, 15) is 35.9 Å². The molecule has 1 aromatic rings. The minimum absolute atomic E-state index is 0.0388. The third-order valence-electron chi connectivity index (χ3n) is 2.91. The van der Waals surface area contributed by atoms with Gasteiger partial charge in [0.1, 0.15) is 12.6 Å². The summed E-state index contributed by atoms with van der Waals surface area (Å²) >= 11 is 0. The Bertz CT molecular complexity index is 609. The fourth-order valence-corrected chi connectivity index (χ4v) is 1.71. The maximum Gasteiger partial charge on any atom is 0.416 e. The summed E-state index contributed by atoms with van der Waals surface area (Å²) < 4.78 is 85.0. The van der Waals surface area contributed by atoms with Crippen LogP contribution in [0.4, 0.5) is 31.1 Å². The highest BCUT2D eigenvalue weighted by atomic mass is 19.4. The molecule has 0 saturated heterocycles. The third-order valence-corrected chi connectivity index (χ3v) is 2.91. The lowest BCUT2D eigenvalue weighted by molar-refractivity contribution is -0.144. The fourth-order valence-electron chi connectivity index (χ4n) is 1.71. The van der Waals surface area contributed by atoms with Crippen molar-refractivity contribution >= 4 is 12.1 Å². The van der Waals surface area contributed by atoms with Crippen molar-refractivity contribution in [3.63, 3.8) is 0 Å². The molecule has 1 rings (SSSR count). The van der Waals surface area contributed by atoms with E-state index in [1.54, 1.807) is 0 Å². The molecule has 1 aromatic carbocycles. The van der Waals surface area contributed by atoms with Gasteiger partial charge in [0.05, 0.1) is 18.2 Å². The minimum Gasteiger partial charge on any atom is -0.467 e. The Balaban J connectivity index is 2.91. The van der Waals surface area contributed by atoms with Crippen LogP contribution in [0.2, 0.25) is 0 Å². The lowest BCUT2D eigenvalue weighted by Crippen LogP contribution is -2.39. The van der Waals surface area contributed by atoms with E-state index < -0.39 is 53.8 Å². The molecule has 0 spiro atoms. The lowest BCUT2D eigenvalue weighted by Gasteiger charge is -2.15. The van der Waals surface area contributed by atoms with E-state index in [1.807, 2.05) is 5.32 Å². The summed E-state index contributed by atoms with van der Waals surface area (Å²) in [5.41, 5.74) is -3.56. The van der Waals surface area contributed by atoms with Crippen LogP contribution in [-0.2, 0) is 33.2 Å². The van der Waals surface area contributed by atoms with Gasteiger partial charge in [-0.05, 0) is 30.7 Å². The van der Waals surface area contributed by atoms with Gasteiger partial charge in [-0.2, -0.15) is 26.3 Å². The highest BCUT2D eigenvalue weighted by molar-refractivity contribution is 5.80. The molecule has 1 N–H and O–H groups in total. The molecular formula is C14H13F6NO4. The van der Waals surface area contributed by atoms with E-state index in [0.29, 0.717) is 12.1 Å². The van der Waals surface area contributed by atoms with Crippen LogP contribution in [0.5, 0.6) is 0 Å². The smallest absolute Gasteiger partial charge is 0.416 e. The van der Waals surface area contributed by atoms with E-state index >= 15 is 0 Å². The average molecular weight is 373 g/mol. The first-order valence-corrected chi connectivity index (χ1v) is 6.64. The van der Waals surface area contributed by atoms with Crippen LogP contribution < -0.4 is 5.32 Å². The zero-order chi connectivity index (χ0) is 19.4. The number of alkyl carbamates (subject to hydrolysis) is 1. The van der Waals surface area contributed by atoms with Gasteiger partial charge in [-0.3, -0.25) is 0 Å². The summed E-state index contributed by atoms with van der Waals surface area (Å²) in [7, 11) is 1.06. The molecule has 0 unspecified atom stereocenters. The molecular weight excluding hydrogens is 360 g/mol. The first-order chi connectivity index (χ1) is 11.3. The van der Waals surface area contributed by atoms with Crippen molar-refractivity contribution < 1.29 is 45.4 Å². The number of nitrogens with one attached hydrogen (secondary N) is 1. The Morgan fingerprint density at radius 1 is 1.04 bits per heavy atom. The molecule has 0 aromatic heterocycles. The van der Waals surface area contributed by atoms with Crippen molar-refractivity contribution in [3.05, 3.63) is 34.9 Å². The van der Waals surface area contributed by atoms with Crippen LogP contribution in [0.15, 0.2) is 18.2 Å². The van der Waals surface area contributed by atoms with Crippen molar-refractivity contribution in [2.24, 2.45) is 0 Å². The molecule has 140 valence electrons. The molecule has 0 radical (unpaired) electrons. The number of methoxy groups -OCH3 is 1. The van der Waals surface area contributed by atoms with Gasteiger partial charge < -0.3 is 14.8 Å². The second-order valence-corrected chi connectivity index (χ2v) is 4.88. The third kappa shape index (κ3) is 6.16. The van der Waals surface area contributed by atoms with E-state index in [2.05, 4.69) is 9.47 Å². The van der Waals surface area contributed by atoms with Crippen molar-refractivity contribution in [2.75, 3.05) is 7.11 Å². The maximum absolute atomic E-state index is 12.7. The number of carbonyl (C=O) groups excluding carboxylic acids is 2. The number of esters is 1. The zero-order valence-corrected chi connectivity index (χ0v) is 12.9. The number of carbonyl (C=O) groups is 2. The van der Waals surface area contributed by atoms with E-state index in [4.69, 9.17) is 0 Å². The van der Waals surface area contributed by atoms with Crippen molar-refractivity contribution in [3.8, 4) is 0 Å². The molecule has 0 aliphatic heterocycles. The van der Waals surface area contributed by atoms with Crippen LogP contribution in [0.1, 0.15) is 23.6 Å². The molecule has 0 aliphatic rings. The quantitative estimate of drug-likeness (QED) is 0.648. The fraction of sp³-hybridized carbons (Fsp3) is 0.429. The highest BCUT2D eigenvalue weighted by Crippen LogP contribution is 2.36. The Hall–Kier alpha value is -2.46. The van der Waals surface area contributed by atoms with Crippen molar-refractivity contribution in [1.29, 1.82) is 0 Å². The van der Waals surface area contributed by atoms with Gasteiger partial charge in [-0.1, -0.05) is 0 Å². The Kier molecular flexibility index (Phi) is 6.27. The largest absolute Gasteiger partial charge is 0.467 e. The van der Waals surface area contributed by atoms with Gasteiger partial charge in [0.25, 0.3) is 0 Å². The minimum atomic E-state index is -5.00. The molecule has 1 atom stereocenters. The van der Waals surface area contributed by atoms with E-state index in [-0.39, 0.29) is 6.07 Å². The van der Waals surface area contributed by atoms with Gasteiger partial charge in [0, 0.05) is 0 Å². The molecule has 5 nitrogen and oxygen atoms in total. The summed E-state index contributed by atoms with van der Waals surface area (Å²) in [6.07, 6.45) is -11.2. The Labute approximate surface area is 137 Å². The maximum atomic E-state index is 12.7. The second-order valence-electron chi connectivity index (χ2n) is 4.88. The van der Waals surface area contributed by atoms with E-state index in [0.717, 1.165) is 7.11 Å². The molecule has 0 bridgehead atoms. The number of hydrogen-bond donors (Lipinski definition) is 1. The zero-order valence-electron chi connectivity index (χ0n) is 12.9. The Morgan fingerprint density at radius 3 is 1.92 bits per heavy atom. The first-order valence-electron chi connectivity index (χ1n) is 6.64. The summed E-state index contributed by atoms with van der Waals surface area (Å²) in [5.74, 6) is -0.810. The lowest BCUT2D eigenvalue weighted by atomic mass is 10.1. The normalized spacial score (nSPS) is 13.1. The van der Waals surface area contributed by atoms with E-state index in [1.165, 1.54) is 6.92 Å². The van der Waals surface area contributed by atoms with Crippen LogP contribution >= 0.6 is 0 Å². The number of benzene rings is 1. The molecule has 0 heterocycles. The van der Waals surface area contributed by atoms with Crippen LogP contribution in [0, 0.1) is 0 Å². The SMILES string of the molecule is COC(=O)[C@H](C)NC(=O)OCc1cc(C(F)(F)F)cc(C(F)(F)F)c1. The Morgan fingerprint density at radius 2 is 1.52 bits per heavy atom. The number of hydrogen-bond acceptors (Lipinski definition) is 4. The molecule has 0 saturated carbocycles. The monoisotopic (exact) mass is 373 g/mol. The molecule has 0 aliphatic carbocycles. The summed E-state index contributed by atoms with van der Waals surface area (Å²) in [6, 6.07) is -0.272. The van der Waals surface area contributed by atoms with Crippen LogP contribution in [-0.4, -0.2) is 25.2 Å².